The molecule has 0 amide bonds. The average Bonchev–Trinajstić information content (AvgIpc) is 3.00. The summed E-state index contributed by atoms with van der Waals surface area (Å²) in [7, 11) is 0. The van der Waals surface area contributed by atoms with Crippen molar-refractivity contribution in [2.24, 2.45) is 0 Å². The third-order valence-corrected chi connectivity index (χ3v) is 8.85. The van der Waals surface area contributed by atoms with Crippen LogP contribution in [0.25, 0.3) is 53.9 Å². The molecule has 0 atom stereocenters. The van der Waals surface area contributed by atoms with Crippen molar-refractivity contribution in [1.29, 1.82) is 0 Å². The zero-order chi connectivity index (χ0) is 28.3. The molecule has 0 radical (unpaired) electrons. The molecule has 8 aromatic carbocycles. The number of hydrogen-bond acceptors (Lipinski definition) is 5. The second-order valence-electron chi connectivity index (χ2n) is 11.2. The molecule has 0 fully saturated rings. The summed E-state index contributed by atoms with van der Waals surface area (Å²) in [6, 6.07) is 33.3. The van der Waals surface area contributed by atoms with Gasteiger partial charge in [0.1, 0.15) is 11.5 Å². The van der Waals surface area contributed by atoms with Crippen molar-refractivity contribution in [3.05, 3.63) is 120 Å². The number of fused-ring (bicyclic) bond motifs is 6. The van der Waals surface area contributed by atoms with E-state index in [0.29, 0.717) is 11.5 Å². The largest absolute Gasteiger partial charge is 0.504 e. The highest BCUT2D eigenvalue weighted by atomic mass is 16.5. The zero-order valence-electron chi connectivity index (χ0n) is 22.1. The normalized spacial score (nSPS) is 13.2. The summed E-state index contributed by atoms with van der Waals surface area (Å²) in [5, 5.41) is 51.9. The fourth-order valence-electron chi connectivity index (χ4n) is 7.02. The van der Waals surface area contributed by atoms with Crippen molar-refractivity contribution in [3.63, 3.8) is 0 Å². The molecular weight excluding hydrogens is 524 g/mol. The summed E-state index contributed by atoms with van der Waals surface area (Å²) in [6.07, 6.45) is 0. The summed E-state index contributed by atoms with van der Waals surface area (Å²) in [5.41, 5.74) is 2.72. The highest BCUT2D eigenvalue weighted by Gasteiger charge is 2.33. The van der Waals surface area contributed by atoms with Gasteiger partial charge in [-0.15, -0.1) is 0 Å². The van der Waals surface area contributed by atoms with Crippen LogP contribution in [0.5, 0.6) is 34.5 Å². The molecule has 8 aromatic rings. The minimum Gasteiger partial charge on any atom is -0.504 e. The van der Waals surface area contributed by atoms with Gasteiger partial charge in [-0.2, -0.15) is 0 Å². The van der Waals surface area contributed by atoms with Crippen LogP contribution in [0.1, 0.15) is 22.6 Å². The van der Waals surface area contributed by atoms with Crippen LogP contribution in [0.3, 0.4) is 0 Å². The molecule has 42 heavy (non-hydrogen) atoms. The van der Waals surface area contributed by atoms with E-state index in [1.54, 1.807) is 24.3 Å². The van der Waals surface area contributed by atoms with Crippen LogP contribution >= 0.6 is 0 Å². The molecule has 9 rings (SSSR count). The zero-order valence-corrected chi connectivity index (χ0v) is 22.1. The molecule has 5 heteroatoms. The van der Waals surface area contributed by atoms with E-state index in [-0.39, 0.29) is 28.9 Å². The maximum atomic E-state index is 10.6. The van der Waals surface area contributed by atoms with Crippen molar-refractivity contribution in [2.45, 2.75) is 5.92 Å². The molecule has 0 aromatic heterocycles. The van der Waals surface area contributed by atoms with E-state index >= 15 is 0 Å². The first-order valence-electron chi connectivity index (χ1n) is 13.8. The standard InChI is InChI=1S/C37H22O5/c38-27-14-20-8-10-31-36(25(20)16-29(27)40)35(37-26-17-30(41)28(39)15-21(26)9-11-32(37)42-31)24-12-22-6-4-18-2-1-3-19-5-7-23(13-24)34(22)33(18)19/h1-17,35,38-41H. The number of phenolic OH excluding ortho intramolecular Hbond substituents is 4. The first-order chi connectivity index (χ1) is 20.4. The molecule has 0 saturated heterocycles. The first kappa shape index (κ1) is 23.1. The number of ether oxygens (including phenoxy) is 1. The Morgan fingerprint density at radius 1 is 0.429 bits per heavy atom. The molecule has 1 aliphatic heterocycles. The molecule has 0 spiro atoms. The van der Waals surface area contributed by atoms with E-state index in [1.165, 1.54) is 21.5 Å². The van der Waals surface area contributed by atoms with Crippen molar-refractivity contribution in [1.82, 2.24) is 0 Å². The Morgan fingerprint density at radius 2 is 0.857 bits per heavy atom. The van der Waals surface area contributed by atoms with Crippen LogP contribution in [-0.2, 0) is 0 Å². The van der Waals surface area contributed by atoms with Crippen LogP contribution in [0.15, 0.2) is 103 Å². The van der Waals surface area contributed by atoms with E-state index < -0.39 is 0 Å². The number of aromatic hydroxyl groups is 4. The summed E-state index contributed by atoms with van der Waals surface area (Å²) >= 11 is 0. The fourth-order valence-corrected chi connectivity index (χ4v) is 7.02. The van der Waals surface area contributed by atoms with Gasteiger partial charge in [-0.25, -0.2) is 0 Å². The van der Waals surface area contributed by atoms with Crippen LogP contribution in [0.2, 0.25) is 0 Å². The topological polar surface area (TPSA) is 90.2 Å². The molecule has 0 unspecified atom stereocenters. The Kier molecular flexibility index (Phi) is 4.37. The van der Waals surface area contributed by atoms with Crippen LogP contribution < -0.4 is 4.74 Å². The van der Waals surface area contributed by atoms with Crippen molar-refractivity contribution in [2.75, 3.05) is 0 Å². The van der Waals surface area contributed by atoms with Gasteiger partial charge >= 0.3 is 0 Å². The van der Waals surface area contributed by atoms with E-state index in [9.17, 15) is 20.4 Å². The van der Waals surface area contributed by atoms with Gasteiger partial charge in [0.05, 0.1) is 0 Å². The van der Waals surface area contributed by atoms with E-state index in [0.717, 1.165) is 49.0 Å². The summed E-state index contributed by atoms with van der Waals surface area (Å²) in [5.74, 6) is 0.142. The monoisotopic (exact) mass is 546 g/mol. The molecule has 4 N–H and O–H groups in total. The molecule has 0 saturated carbocycles. The molecule has 5 nitrogen and oxygen atoms in total. The van der Waals surface area contributed by atoms with E-state index in [2.05, 4.69) is 54.6 Å². The Labute approximate surface area is 239 Å². The minimum atomic E-state index is -0.356. The van der Waals surface area contributed by atoms with E-state index in [4.69, 9.17) is 4.74 Å². The van der Waals surface area contributed by atoms with Gasteiger partial charge < -0.3 is 25.2 Å². The highest BCUT2D eigenvalue weighted by molar-refractivity contribution is 6.23. The van der Waals surface area contributed by atoms with Gasteiger partial charge in [-0.3, -0.25) is 0 Å². The molecule has 1 heterocycles. The van der Waals surface area contributed by atoms with Gasteiger partial charge in [0, 0.05) is 17.0 Å². The number of benzene rings is 8. The second kappa shape index (κ2) is 7.95. The van der Waals surface area contributed by atoms with Crippen LogP contribution in [0, 0.1) is 0 Å². The predicted octanol–water partition coefficient (Wildman–Crippen LogP) is 9.00. The first-order valence-corrected chi connectivity index (χ1v) is 13.8. The lowest BCUT2D eigenvalue weighted by molar-refractivity contribution is 0.404. The Balaban J connectivity index is 1.43. The van der Waals surface area contributed by atoms with Crippen LogP contribution in [0.4, 0.5) is 0 Å². The lowest BCUT2D eigenvalue weighted by Gasteiger charge is -2.31. The highest BCUT2D eigenvalue weighted by Crippen LogP contribution is 2.54. The van der Waals surface area contributed by atoms with Crippen LogP contribution in [-0.4, -0.2) is 20.4 Å². The van der Waals surface area contributed by atoms with Crippen molar-refractivity contribution in [3.8, 4) is 34.5 Å². The van der Waals surface area contributed by atoms with Crippen molar-refractivity contribution >= 4 is 53.9 Å². The maximum Gasteiger partial charge on any atom is 0.158 e. The molecule has 0 aliphatic carbocycles. The quantitative estimate of drug-likeness (QED) is 0.122. The number of hydrogen-bond donors (Lipinski definition) is 4. The predicted molar refractivity (Wildman–Crippen MR) is 166 cm³/mol. The van der Waals surface area contributed by atoms with Crippen molar-refractivity contribution < 1.29 is 25.2 Å². The van der Waals surface area contributed by atoms with Gasteiger partial charge in [0.25, 0.3) is 0 Å². The summed E-state index contributed by atoms with van der Waals surface area (Å²) in [4.78, 5) is 0. The van der Waals surface area contributed by atoms with Gasteiger partial charge in [-0.1, -0.05) is 66.7 Å². The lowest BCUT2D eigenvalue weighted by Crippen LogP contribution is -2.13. The summed E-state index contributed by atoms with van der Waals surface area (Å²) < 4.78 is 6.49. The Morgan fingerprint density at radius 3 is 1.38 bits per heavy atom. The van der Waals surface area contributed by atoms with Gasteiger partial charge in [0.15, 0.2) is 23.0 Å². The van der Waals surface area contributed by atoms with Gasteiger partial charge in [-0.05, 0) is 95.8 Å². The Bertz CT molecular complexity index is 2280. The fraction of sp³-hybridized carbons (Fsp3) is 0.0270. The maximum absolute atomic E-state index is 10.6. The number of phenols is 4. The molecular formula is C37H22O5. The molecule has 0 bridgehead atoms. The van der Waals surface area contributed by atoms with E-state index in [1.807, 2.05) is 24.3 Å². The second-order valence-corrected chi connectivity index (χ2v) is 11.2. The SMILES string of the molecule is Oc1cc2ccc3c(c2cc1O)C(c1cc2ccc4cccc5ccc(c1)c2c45)c1c(ccc2cc(O)c(O)cc12)O3. The minimum absolute atomic E-state index is 0.190. The smallest absolute Gasteiger partial charge is 0.158 e. The van der Waals surface area contributed by atoms with Gasteiger partial charge in [0.2, 0.25) is 0 Å². The molecule has 200 valence electrons. The Hall–Kier alpha value is -5.68. The number of rotatable bonds is 1. The third-order valence-electron chi connectivity index (χ3n) is 8.85. The average molecular weight is 547 g/mol. The lowest BCUT2D eigenvalue weighted by atomic mass is 9.77. The summed E-state index contributed by atoms with van der Waals surface area (Å²) in [6.45, 7) is 0. The third kappa shape index (κ3) is 3.02. The molecule has 1 aliphatic rings.